The Kier molecular flexibility index (Phi) is 5.51. The maximum absolute atomic E-state index is 13.4. The summed E-state index contributed by atoms with van der Waals surface area (Å²) in [5, 5.41) is 4.77. The third-order valence-corrected chi connectivity index (χ3v) is 7.76. The highest BCUT2D eigenvalue weighted by molar-refractivity contribution is 6.09. The van der Waals surface area contributed by atoms with Gasteiger partial charge in [-0.15, -0.1) is 0 Å². The zero-order valence-corrected chi connectivity index (χ0v) is 19.3. The minimum absolute atomic E-state index is 0.120. The molecule has 0 bridgehead atoms. The average Bonchev–Trinajstić information content (AvgIpc) is 3.06. The Morgan fingerprint density at radius 3 is 2.61 bits per heavy atom. The first-order chi connectivity index (χ1) is 15.9. The normalized spacial score (nSPS) is 27.5. The highest BCUT2D eigenvalue weighted by Gasteiger charge is 2.50. The van der Waals surface area contributed by atoms with Crippen molar-refractivity contribution in [1.82, 2.24) is 15.1 Å². The van der Waals surface area contributed by atoms with Crippen LogP contribution in [0.25, 0.3) is 10.8 Å². The van der Waals surface area contributed by atoms with Crippen molar-refractivity contribution >= 4 is 28.6 Å². The Morgan fingerprint density at radius 1 is 1.06 bits per heavy atom. The van der Waals surface area contributed by atoms with Crippen molar-refractivity contribution in [2.45, 2.75) is 57.0 Å². The lowest BCUT2D eigenvalue weighted by atomic mass is 9.78. The minimum atomic E-state index is -1.21. The number of likely N-dealkylation sites (tertiary alicyclic amines) is 1. The number of rotatable bonds is 4. The molecule has 33 heavy (non-hydrogen) atoms. The van der Waals surface area contributed by atoms with Gasteiger partial charge in [-0.2, -0.15) is 0 Å². The second-order valence-corrected chi connectivity index (χ2v) is 9.72. The molecule has 2 aromatic rings. The third kappa shape index (κ3) is 3.73. The number of nitrogens with zero attached hydrogens (tertiary/aromatic N) is 2. The van der Waals surface area contributed by atoms with Gasteiger partial charge in [-0.1, -0.05) is 31.0 Å². The molecule has 0 radical (unpaired) electrons. The van der Waals surface area contributed by atoms with Gasteiger partial charge in [-0.05, 0) is 73.1 Å². The van der Waals surface area contributed by atoms with Crippen molar-refractivity contribution in [2.75, 3.05) is 20.2 Å². The van der Waals surface area contributed by atoms with E-state index in [-0.39, 0.29) is 24.4 Å². The van der Waals surface area contributed by atoms with Crippen molar-refractivity contribution in [3.8, 4) is 5.75 Å². The zero-order chi connectivity index (χ0) is 23.2. The number of urea groups is 1. The van der Waals surface area contributed by atoms with E-state index in [1.165, 1.54) is 19.3 Å². The van der Waals surface area contributed by atoms with Crippen LogP contribution in [0.3, 0.4) is 0 Å². The molecule has 4 amide bonds. The summed E-state index contributed by atoms with van der Waals surface area (Å²) in [5.41, 5.74) is -0.514. The summed E-state index contributed by atoms with van der Waals surface area (Å²) >= 11 is 0. The molecule has 1 N–H and O–H groups in total. The van der Waals surface area contributed by atoms with E-state index in [0.29, 0.717) is 11.5 Å². The molecule has 3 aliphatic rings. The summed E-state index contributed by atoms with van der Waals surface area (Å²) in [5.74, 6) is 0.811. The second-order valence-electron chi connectivity index (χ2n) is 9.72. The number of hydrogen-bond donors (Lipinski definition) is 1. The third-order valence-electron chi connectivity index (χ3n) is 7.76. The van der Waals surface area contributed by atoms with E-state index >= 15 is 0 Å². The van der Waals surface area contributed by atoms with Gasteiger partial charge in [0.1, 0.15) is 17.8 Å². The van der Waals surface area contributed by atoms with E-state index in [1.54, 1.807) is 14.0 Å². The lowest BCUT2D eigenvalue weighted by molar-refractivity contribution is -0.142. The maximum Gasteiger partial charge on any atom is 0.325 e. The molecule has 2 aliphatic heterocycles. The summed E-state index contributed by atoms with van der Waals surface area (Å²) < 4.78 is 5.28. The smallest absolute Gasteiger partial charge is 0.325 e. The summed E-state index contributed by atoms with van der Waals surface area (Å²) in [6.07, 6.45) is 6.73. The molecular formula is C26H31N3O4. The molecule has 5 rings (SSSR count). The average molecular weight is 450 g/mol. The summed E-state index contributed by atoms with van der Waals surface area (Å²) in [7, 11) is 1.62. The Morgan fingerprint density at radius 2 is 1.79 bits per heavy atom. The van der Waals surface area contributed by atoms with Crippen LogP contribution in [-0.2, 0) is 15.1 Å². The number of hydrogen-bond acceptors (Lipinski definition) is 4. The number of ether oxygens (including phenoxy) is 1. The molecule has 1 saturated carbocycles. The Hall–Kier alpha value is -3.09. The number of carbonyl (C=O) groups is 3. The lowest BCUT2D eigenvalue weighted by Crippen LogP contribution is -2.53. The molecular weight excluding hydrogens is 418 g/mol. The van der Waals surface area contributed by atoms with Crippen LogP contribution in [0.2, 0.25) is 0 Å². The predicted molar refractivity (Wildman–Crippen MR) is 125 cm³/mol. The van der Waals surface area contributed by atoms with Crippen molar-refractivity contribution in [3.05, 3.63) is 42.0 Å². The van der Waals surface area contributed by atoms with Crippen LogP contribution in [0.5, 0.6) is 5.75 Å². The second kappa shape index (κ2) is 8.36. The lowest BCUT2D eigenvalue weighted by Gasteiger charge is -2.44. The molecule has 0 aromatic heterocycles. The fourth-order valence-corrected chi connectivity index (χ4v) is 5.86. The molecule has 2 saturated heterocycles. The molecule has 3 atom stereocenters. The number of benzene rings is 2. The number of piperidine rings is 1. The van der Waals surface area contributed by atoms with Crippen LogP contribution < -0.4 is 10.1 Å². The molecule has 0 spiro atoms. The number of fused-ring (bicyclic) bond motifs is 2. The number of amides is 4. The van der Waals surface area contributed by atoms with Gasteiger partial charge in [-0.3, -0.25) is 14.5 Å². The van der Waals surface area contributed by atoms with Crippen LogP contribution in [0.4, 0.5) is 4.79 Å². The zero-order valence-electron chi connectivity index (χ0n) is 19.3. The van der Waals surface area contributed by atoms with Gasteiger partial charge in [0.25, 0.3) is 5.91 Å². The van der Waals surface area contributed by atoms with E-state index in [9.17, 15) is 14.4 Å². The van der Waals surface area contributed by atoms with Gasteiger partial charge in [-0.25, -0.2) is 4.79 Å². The number of nitrogens with one attached hydrogen (secondary N) is 1. The largest absolute Gasteiger partial charge is 0.497 e. The Labute approximate surface area is 194 Å². The molecule has 0 unspecified atom stereocenters. The molecule has 3 fully saturated rings. The van der Waals surface area contributed by atoms with Crippen molar-refractivity contribution in [1.29, 1.82) is 0 Å². The van der Waals surface area contributed by atoms with Gasteiger partial charge in [0, 0.05) is 12.6 Å². The molecule has 7 heteroatoms. The standard InChI is InChI=1S/C26H31N3O4/c1-26(20-11-9-19-15-21(33-2)12-10-18(19)14-20)24(31)29(25(32)27-26)16-23(30)28-13-5-7-17-6-3-4-8-22(17)28/h9-12,14-15,17,22H,3-8,13,16H2,1-2H3,(H,27,32)/t17-,22+,26+/m1/s1. The van der Waals surface area contributed by atoms with E-state index in [0.717, 1.165) is 47.2 Å². The first kappa shape index (κ1) is 21.7. The van der Waals surface area contributed by atoms with Crippen molar-refractivity contribution < 1.29 is 19.1 Å². The predicted octanol–water partition coefficient (Wildman–Crippen LogP) is 3.80. The van der Waals surface area contributed by atoms with Gasteiger partial charge in [0.2, 0.25) is 5.91 Å². The molecule has 1 aliphatic carbocycles. The maximum atomic E-state index is 13.4. The first-order valence-electron chi connectivity index (χ1n) is 11.9. The van der Waals surface area contributed by atoms with Crippen molar-refractivity contribution in [2.24, 2.45) is 5.92 Å². The monoisotopic (exact) mass is 449 g/mol. The minimum Gasteiger partial charge on any atom is -0.497 e. The van der Waals surface area contributed by atoms with Gasteiger partial charge in [0.05, 0.1) is 7.11 Å². The topological polar surface area (TPSA) is 79.0 Å². The van der Waals surface area contributed by atoms with Gasteiger partial charge in [0.15, 0.2) is 0 Å². The van der Waals surface area contributed by atoms with Gasteiger partial charge < -0.3 is 15.0 Å². The van der Waals surface area contributed by atoms with Crippen LogP contribution in [0, 0.1) is 5.92 Å². The van der Waals surface area contributed by atoms with Gasteiger partial charge >= 0.3 is 6.03 Å². The summed E-state index contributed by atoms with van der Waals surface area (Å²) in [6, 6.07) is 11.2. The summed E-state index contributed by atoms with van der Waals surface area (Å²) in [6.45, 7) is 2.23. The SMILES string of the molecule is COc1ccc2cc([C@]3(C)NC(=O)N(CC(=O)N4CCC[C@H]5CCCC[C@@H]54)C3=O)ccc2c1. The van der Waals surface area contributed by atoms with Crippen molar-refractivity contribution in [3.63, 3.8) is 0 Å². The first-order valence-corrected chi connectivity index (χ1v) is 11.9. The molecule has 2 heterocycles. The number of methoxy groups -OCH3 is 1. The fraction of sp³-hybridized carbons (Fsp3) is 0.500. The van der Waals surface area contributed by atoms with Crippen LogP contribution >= 0.6 is 0 Å². The van der Waals surface area contributed by atoms with E-state index < -0.39 is 11.6 Å². The van der Waals surface area contributed by atoms with Crippen LogP contribution in [0.1, 0.15) is 51.0 Å². The van der Waals surface area contributed by atoms with E-state index in [1.807, 2.05) is 41.3 Å². The molecule has 7 nitrogen and oxygen atoms in total. The molecule has 174 valence electrons. The van der Waals surface area contributed by atoms with Crippen LogP contribution in [-0.4, -0.2) is 53.9 Å². The number of imide groups is 1. The van der Waals surface area contributed by atoms with Crippen LogP contribution in [0.15, 0.2) is 36.4 Å². The summed E-state index contributed by atoms with van der Waals surface area (Å²) in [4.78, 5) is 42.5. The van der Waals surface area contributed by atoms with E-state index in [4.69, 9.17) is 4.74 Å². The molecule has 2 aromatic carbocycles. The Balaban J connectivity index is 1.36. The highest BCUT2D eigenvalue weighted by Crippen LogP contribution is 2.36. The fourth-order valence-electron chi connectivity index (χ4n) is 5.86. The Bertz CT molecular complexity index is 1110. The number of carbonyl (C=O) groups excluding carboxylic acids is 3. The van der Waals surface area contributed by atoms with E-state index in [2.05, 4.69) is 5.32 Å². The highest BCUT2D eigenvalue weighted by atomic mass is 16.5. The quantitative estimate of drug-likeness (QED) is 0.721.